The van der Waals surface area contributed by atoms with Crippen molar-refractivity contribution in [3.05, 3.63) is 97.1 Å². The number of benzene rings is 4. The second-order valence-electron chi connectivity index (χ2n) is 6.23. The molecule has 0 N–H and O–H groups in total. The summed E-state index contributed by atoms with van der Waals surface area (Å²) in [5.41, 5.74) is 2.21. The summed E-state index contributed by atoms with van der Waals surface area (Å²) in [4.78, 5) is 0. The molecule has 0 saturated carbocycles. The largest absolute Gasteiger partial charge is 0.455 e. The van der Waals surface area contributed by atoms with E-state index in [4.69, 9.17) is 4.42 Å². The second-order valence-corrected chi connectivity index (χ2v) is 6.23. The van der Waals surface area contributed by atoms with Gasteiger partial charge in [-0.1, -0.05) is 91.0 Å². The lowest BCUT2D eigenvalue weighted by molar-refractivity contribution is 0.602. The van der Waals surface area contributed by atoms with E-state index in [2.05, 4.69) is 78.9 Å². The third-order valence-electron chi connectivity index (χ3n) is 4.67. The molecule has 0 aliphatic carbocycles. The minimum Gasteiger partial charge on any atom is -0.455 e. The predicted octanol–water partition coefficient (Wildman–Crippen LogP) is 6.92. The zero-order valence-electron chi connectivity index (χ0n) is 13.6. The summed E-state index contributed by atoms with van der Waals surface area (Å²) in [5.74, 6) is 1.86. The van der Waals surface area contributed by atoms with Crippen LogP contribution in [-0.2, 0) is 0 Å². The Morgan fingerprint density at radius 3 is 1.80 bits per heavy atom. The van der Waals surface area contributed by atoms with Crippen molar-refractivity contribution in [1.29, 1.82) is 0 Å². The lowest BCUT2D eigenvalue weighted by Crippen LogP contribution is -1.77. The maximum Gasteiger partial charge on any atom is 0.142 e. The average molecular weight is 320 g/mol. The van der Waals surface area contributed by atoms with Gasteiger partial charge in [-0.2, -0.15) is 0 Å². The molecule has 25 heavy (non-hydrogen) atoms. The second kappa shape index (κ2) is 5.64. The summed E-state index contributed by atoms with van der Waals surface area (Å²) in [6.07, 6.45) is 0. The van der Waals surface area contributed by atoms with Crippen molar-refractivity contribution in [3.8, 4) is 22.6 Å². The van der Waals surface area contributed by atoms with Crippen LogP contribution >= 0.6 is 0 Å². The Labute approximate surface area is 146 Å². The molecule has 1 heterocycles. The molecule has 0 amide bonds. The minimum atomic E-state index is 0.930. The fourth-order valence-corrected chi connectivity index (χ4v) is 3.44. The van der Waals surface area contributed by atoms with Crippen LogP contribution in [0.4, 0.5) is 0 Å². The first-order valence-corrected chi connectivity index (χ1v) is 8.46. The summed E-state index contributed by atoms with van der Waals surface area (Å²) in [6.45, 7) is 0. The van der Waals surface area contributed by atoms with E-state index in [1.54, 1.807) is 0 Å². The molecular weight excluding hydrogens is 304 g/mol. The molecule has 5 aromatic rings. The van der Waals surface area contributed by atoms with Crippen LogP contribution in [0.2, 0.25) is 0 Å². The van der Waals surface area contributed by atoms with E-state index < -0.39 is 0 Å². The number of fused-ring (bicyclic) bond motifs is 2. The molecule has 0 fully saturated rings. The summed E-state index contributed by atoms with van der Waals surface area (Å²) >= 11 is 0. The third-order valence-corrected chi connectivity index (χ3v) is 4.67. The van der Waals surface area contributed by atoms with Gasteiger partial charge >= 0.3 is 0 Å². The maximum atomic E-state index is 6.39. The Hall–Kier alpha value is -3.32. The van der Waals surface area contributed by atoms with Crippen LogP contribution < -0.4 is 0 Å². The lowest BCUT2D eigenvalue weighted by atomic mass is 10.0. The van der Waals surface area contributed by atoms with Gasteiger partial charge in [0.25, 0.3) is 0 Å². The average Bonchev–Trinajstić information content (AvgIpc) is 3.08. The van der Waals surface area contributed by atoms with Gasteiger partial charge in [0.1, 0.15) is 11.5 Å². The van der Waals surface area contributed by atoms with Gasteiger partial charge in [-0.3, -0.25) is 0 Å². The molecule has 0 bridgehead atoms. The van der Waals surface area contributed by atoms with E-state index in [0.717, 1.165) is 33.4 Å². The summed E-state index contributed by atoms with van der Waals surface area (Å²) in [5, 5.41) is 4.76. The number of furan rings is 1. The van der Waals surface area contributed by atoms with Crippen LogP contribution in [-0.4, -0.2) is 0 Å². The Morgan fingerprint density at radius 1 is 0.440 bits per heavy atom. The molecule has 4 aromatic carbocycles. The first-order chi connectivity index (χ1) is 12.4. The van der Waals surface area contributed by atoms with E-state index in [9.17, 15) is 0 Å². The minimum absolute atomic E-state index is 0.930. The molecule has 0 unspecified atom stereocenters. The molecule has 1 heteroatoms. The fourth-order valence-electron chi connectivity index (χ4n) is 3.44. The third kappa shape index (κ3) is 2.33. The van der Waals surface area contributed by atoms with Gasteiger partial charge in [0, 0.05) is 21.9 Å². The molecule has 0 saturated heterocycles. The summed E-state index contributed by atoms with van der Waals surface area (Å²) in [6, 6.07) is 33.6. The quantitative estimate of drug-likeness (QED) is 0.344. The lowest BCUT2D eigenvalue weighted by Gasteiger charge is -2.02. The summed E-state index contributed by atoms with van der Waals surface area (Å²) < 4.78 is 6.39. The van der Waals surface area contributed by atoms with Crippen LogP contribution in [0.25, 0.3) is 44.2 Å². The van der Waals surface area contributed by atoms with Crippen LogP contribution in [0.1, 0.15) is 0 Å². The molecule has 0 aliphatic rings. The molecule has 1 aromatic heterocycles. The van der Waals surface area contributed by atoms with Gasteiger partial charge in [-0.25, -0.2) is 0 Å². The molecule has 0 atom stereocenters. The zero-order chi connectivity index (χ0) is 16.6. The first kappa shape index (κ1) is 14.1. The van der Waals surface area contributed by atoms with Gasteiger partial charge in [-0.15, -0.1) is 0 Å². The highest BCUT2D eigenvalue weighted by molar-refractivity contribution is 6.03. The van der Waals surface area contributed by atoms with E-state index in [-0.39, 0.29) is 0 Å². The fraction of sp³-hybridized carbons (Fsp3) is 0. The van der Waals surface area contributed by atoms with E-state index in [1.165, 1.54) is 10.8 Å². The van der Waals surface area contributed by atoms with E-state index >= 15 is 0 Å². The van der Waals surface area contributed by atoms with Crippen molar-refractivity contribution in [3.63, 3.8) is 0 Å². The highest BCUT2D eigenvalue weighted by Gasteiger charge is 2.15. The molecule has 5 rings (SSSR count). The van der Waals surface area contributed by atoms with Crippen molar-refractivity contribution in [2.45, 2.75) is 0 Å². The van der Waals surface area contributed by atoms with Crippen LogP contribution in [0.5, 0.6) is 0 Å². The SMILES string of the molecule is c1ccc(-c2oc(-c3ccc4ccccc4c3)c3ccccc23)cc1. The Balaban J connectivity index is 1.78. The standard InChI is InChI=1S/C24H16O/c1-2-9-18(10-3-1)23-21-12-6-7-13-22(21)24(25-23)20-15-14-17-8-4-5-11-19(17)16-20/h1-16H. The normalized spacial score (nSPS) is 11.2. The maximum absolute atomic E-state index is 6.39. The number of hydrogen-bond donors (Lipinski definition) is 0. The van der Waals surface area contributed by atoms with Crippen molar-refractivity contribution in [1.82, 2.24) is 0 Å². The molecular formula is C24H16O. The smallest absolute Gasteiger partial charge is 0.142 e. The first-order valence-electron chi connectivity index (χ1n) is 8.46. The van der Waals surface area contributed by atoms with Gasteiger partial charge in [-0.05, 0) is 16.8 Å². The molecule has 1 nitrogen and oxygen atoms in total. The monoisotopic (exact) mass is 320 g/mol. The van der Waals surface area contributed by atoms with Crippen LogP contribution in [0.15, 0.2) is 101 Å². The van der Waals surface area contributed by atoms with Crippen LogP contribution in [0, 0.1) is 0 Å². The van der Waals surface area contributed by atoms with Gasteiger partial charge in [0.2, 0.25) is 0 Å². The Kier molecular flexibility index (Phi) is 3.17. The van der Waals surface area contributed by atoms with Gasteiger partial charge in [0.05, 0.1) is 0 Å². The van der Waals surface area contributed by atoms with Crippen molar-refractivity contribution >= 4 is 21.5 Å². The summed E-state index contributed by atoms with van der Waals surface area (Å²) in [7, 11) is 0. The number of hydrogen-bond acceptors (Lipinski definition) is 1. The van der Waals surface area contributed by atoms with Gasteiger partial charge < -0.3 is 4.42 Å². The highest BCUT2D eigenvalue weighted by atomic mass is 16.3. The molecule has 0 radical (unpaired) electrons. The Bertz CT molecular complexity index is 1180. The zero-order valence-corrected chi connectivity index (χ0v) is 13.6. The van der Waals surface area contributed by atoms with Crippen molar-refractivity contribution in [2.75, 3.05) is 0 Å². The van der Waals surface area contributed by atoms with Crippen molar-refractivity contribution < 1.29 is 4.42 Å². The molecule has 0 spiro atoms. The van der Waals surface area contributed by atoms with Crippen molar-refractivity contribution in [2.24, 2.45) is 0 Å². The molecule has 0 aliphatic heterocycles. The van der Waals surface area contributed by atoms with E-state index in [1.807, 2.05) is 18.2 Å². The van der Waals surface area contributed by atoms with Gasteiger partial charge in [0.15, 0.2) is 0 Å². The number of rotatable bonds is 2. The highest BCUT2D eigenvalue weighted by Crippen LogP contribution is 2.39. The predicted molar refractivity (Wildman–Crippen MR) is 105 cm³/mol. The topological polar surface area (TPSA) is 13.1 Å². The van der Waals surface area contributed by atoms with Crippen LogP contribution in [0.3, 0.4) is 0 Å². The Morgan fingerprint density at radius 2 is 1.04 bits per heavy atom. The van der Waals surface area contributed by atoms with E-state index in [0.29, 0.717) is 0 Å². The molecule has 118 valence electrons.